The van der Waals surface area contributed by atoms with Gasteiger partial charge in [-0.3, -0.25) is 10.1 Å². The molecule has 0 saturated heterocycles. The van der Waals surface area contributed by atoms with Crippen LogP contribution in [0.3, 0.4) is 0 Å². The molecule has 0 atom stereocenters. The lowest BCUT2D eigenvalue weighted by Gasteiger charge is -1.98. The van der Waals surface area contributed by atoms with Crippen molar-refractivity contribution >= 4 is 28.3 Å². The molecule has 0 aliphatic carbocycles. The molecule has 0 spiro atoms. The summed E-state index contributed by atoms with van der Waals surface area (Å²) in [5, 5.41) is 10.3. The zero-order valence-corrected chi connectivity index (χ0v) is 8.33. The lowest BCUT2D eigenvalue weighted by Crippen LogP contribution is -1.96. The molecule has 64 valence electrons. The van der Waals surface area contributed by atoms with Crippen molar-refractivity contribution in [2.24, 2.45) is 0 Å². The molecule has 1 aromatic carbocycles. The van der Waals surface area contributed by atoms with Crippen LogP contribution in [0.1, 0.15) is 5.56 Å². The Morgan fingerprint density at radius 2 is 2.17 bits per heavy atom. The summed E-state index contributed by atoms with van der Waals surface area (Å²) >= 11 is 1.75. The van der Waals surface area contributed by atoms with E-state index in [2.05, 4.69) is 0 Å². The first-order valence-electron chi connectivity index (χ1n) is 3.12. The van der Waals surface area contributed by atoms with Crippen molar-refractivity contribution in [3.05, 3.63) is 37.2 Å². The van der Waals surface area contributed by atoms with E-state index in [1.165, 1.54) is 0 Å². The van der Waals surface area contributed by atoms with Gasteiger partial charge >= 0.3 is 5.69 Å². The Morgan fingerprint density at radius 1 is 1.58 bits per heavy atom. The summed E-state index contributed by atoms with van der Waals surface area (Å²) in [6, 6.07) is 2.72. The van der Waals surface area contributed by atoms with E-state index in [1.807, 2.05) is 0 Å². The van der Waals surface area contributed by atoms with Gasteiger partial charge in [0.1, 0.15) is 0 Å². The first kappa shape index (κ1) is 9.37. The predicted molar refractivity (Wildman–Crippen MR) is 50.5 cm³/mol. The molecule has 0 N–H and O–H groups in total. The van der Waals surface area contributed by atoms with Gasteiger partial charge in [-0.2, -0.15) is 4.39 Å². The Kier molecular flexibility index (Phi) is 2.61. The van der Waals surface area contributed by atoms with E-state index >= 15 is 0 Å². The maximum atomic E-state index is 12.9. The number of nitro groups is 1. The number of halogens is 2. The predicted octanol–water partition coefficient (Wildman–Crippen LogP) is 2.65. The SMILES string of the molecule is Cc1cc(F)c([N+](=O)[O-])c(I)c1. The highest BCUT2D eigenvalue weighted by molar-refractivity contribution is 14.1. The van der Waals surface area contributed by atoms with Gasteiger partial charge in [-0.1, -0.05) is 0 Å². The fourth-order valence-corrected chi connectivity index (χ4v) is 1.81. The Labute approximate surface area is 81.9 Å². The van der Waals surface area contributed by atoms with Crippen molar-refractivity contribution in [1.82, 2.24) is 0 Å². The Bertz CT molecular complexity index is 317. The third-order valence-electron chi connectivity index (χ3n) is 1.34. The first-order valence-corrected chi connectivity index (χ1v) is 4.20. The van der Waals surface area contributed by atoms with E-state index < -0.39 is 16.4 Å². The van der Waals surface area contributed by atoms with Crippen molar-refractivity contribution in [2.75, 3.05) is 0 Å². The van der Waals surface area contributed by atoms with Crippen LogP contribution in [0.5, 0.6) is 0 Å². The van der Waals surface area contributed by atoms with Crippen LogP contribution < -0.4 is 0 Å². The number of hydrogen-bond donors (Lipinski definition) is 0. The molecule has 0 aliphatic heterocycles. The van der Waals surface area contributed by atoms with Crippen LogP contribution in [0.25, 0.3) is 0 Å². The molecule has 0 fully saturated rings. The maximum Gasteiger partial charge on any atom is 0.317 e. The molecule has 0 bridgehead atoms. The fraction of sp³-hybridized carbons (Fsp3) is 0.143. The molecular formula is C7H5FINO2. The van der Waals surface area contributed by atoms with Crippen LogP contribution in [0.4, 0.5) is 10.1 Å². The van der Waals surface area contributed by atoms with Gasteiger partial charge in [0, 0.05) is 0 Å². The van der Waals surface area contributed by atoms with Crippen LogP contribution in [0.2, 0.25) is 0 Å². The maximum absolute atomic E-state index is 12.9. The molecule has 0 saturated carbocycles. The Balaban J connectivity index is 3.38. The number of benzene rings is 1. The minimum absolute atomic E-state index is 0.329. The van der Waals surface area contributed by atoms with Gasteiger partial charge in [0.25, 0.3) is 0 Å². The second-order valence-corrected chi connectivity index (χ2v) is 3.50. The average molecular weight is 281 g/mol. The molecule has 1 rings (SSSR count). The van der Waals surface area contributed by atoms with E-state index in [0.29, 0.717) is 9.13 Å². The molecule has 3 nitrogen and oxygen atoms in total. The molecule has 0 aliphatic rings. The molecule has 1 aromatic rings. The smallest absolute Gasteiger partial charge is 0.258 e. The molecule has 0 aromatic heterocycles. The van der Waals surface area contributed by atoms with E-state index in [1.54, 1.807) is 35.6 Å². The van der Waals surface area contributed by atoms with Crippen LogP contribution in [0.15, 0.2) is 12.1 Å². The van der Waals surface area contributed by atoms with E-state index in [0.717, 1.165) is 6.07 Å². The van der Waals surface area contributed by atoms with Crippen LogP contribution >= 0.6 is 22.6 Å². The monoisotopic (exact) mass is 281 g/mol. The van der Waals surface area contributed by atoms with Gasteiger partial charge < -0.3 is 0 Å². The van der Waals surface area contributed by atoms with Gasteiger partial charge in [-0.05, 0) is 47.2 Å². The summed E-state index contributed by atoms with van der Waals surface area (Å²) in [5.41, 5.74) is 0.240. The van der Waals surface area contributed by atoms with Crippen molar-refractivity contribution in [2.45, 2.75) is 6.92 Å². The summed E-state index contributed by atoms with van der Waals surface area (Å²) in [7, 11) is 0. The van der Waals surface area contributed by atoms with Crippen LogP contribution in [-0.4, -0.2) is 4.92 Å². The van der Waals surface area contributed by atoms with Crippen molar-refractivity contribution in [1.29, 1.82) is 0 Å². The zero-order valence-electron chi connectivity index (χ0n) is 6.17. The number of hydrogen-bond acceptors (Lipinski definition) is 2. The molecule has 0 amide bonds. The van der Waals surface area contributed by atoms with E-state index in [-0.39, 0.29) is 0 Å². The number of nitro benzene ring substituents is 1. The van der Waals surface area contributed by atoms with Gasteiger partial charge in [-0.15, -0.1) is 0 Å². The number of nitrogens with zero attached hydrogens (tertiary/aromatic N) is 1. The van der Waals surface area contributed by atoms with Crippen molar-refractivity contribution in [3.63, 3.8) is 0 Å². The molecular weight excluding hydrogens is 276 g/mol. The minimum atomic E-state index is -0.774. The third-order valence-corrected chi connectivity index (χ3v) is 2.17. The fourth-order valence-electron chi connectivity index (χ4n) is 0.867. The first-order chi connectivity index (χ1) is 5.52. The second-order valence-electron chi connectivity index (χ2n) is 2.33. The van der Waals surface area contributed by atoms with Gasteiger partial charge in [0.05, 0.1) is 8.49 Å². The van der Waals surface area contributed by atoms with Crippen molar-refractivity contribution in [3.8, 4) is 0 Å². The zero-order chi connectivity index (χ0) is 9.30. The largest absolute Gasteiger partial charge is 0.317 e. The van der Waals surface area contributed by atoms with Crippen LogP contribution in [-0.2, 0) is 0 Å². The minimum Gasteiger partial charge on any atom is -0.258 e. The third kappa shape index (κ3) is 1.71. The number of aryl methyl sites for hydroxylation is 1. The average Bonchev–Trinajstić information content (AvgIpc) is 1.82. The van der Waals surface area contributed by atoms with E-state index in [9.17, 15) is 14.5 Å². The highest BCUT2D eigenvalue weighted by Gasteiger charge is 2.18. The molecule has 0 radical (unpaired) electrons. The Morgan fingerprint density at radius 3 is 2.58 bits per heavy atom. The Hall–Kier alpha value is -0.720. The summed E-state index contributed by atoms with van der Waals surface area (Å²) in [6.45, 7) is 1.69. The molecule has 0 heterocycles. The number of rotatable bonds is 1. The lowest BCUT2D eigenvalue weighted by molar-refractivity contribution is -0.388. The van der Waals surface area contributed by atoms with E-state index in [4.69, 9.17) is 0 Å². The van der Waals surface area contributed by atoms with Gasteiger partial charge in [0.2, 0.25) is 5.82 Å². The molecule has 5 heteroatoms. The van der Waals surface area contributed by atoms with Crippen LogP contribution in [0, 0.1) is 26.4 Å². The highest BCUT2D eigenvalue weighted by atomic mass is 127. The summed E-state index contributed by atoms with van der Waals surface area (Å²) < 4.78 is 13.2. The van der Waals surface area contributed by atoms with Crippen molar-refractivity contribution < 1.29 is 9.31 Å². The molecule has 12 heavy (non-hydrogen) atoms. The summed E-state index contributed by atoms with van der Waals surface area (Å²) in [4.78, 5) is 9.60. The summed E-state index contributed by atoms with van der Waals surface area (Å²) in [6.07, 6.45) is 0. The van der Waals surface area contributed by atoms with Gasteiger partial charge in [-0.25, -0.2) is 0 Å². The second kappa shape index (κ2) is 3.34. The topological polar surface area (TPSA) is 43.1 Å². The standard InChI is InChI=1S/C7H5FINO2/c1-4-2-5(8)7(10(11)12)6(9)3-4/h2-3H,1H3. The lowest BCUT2D eigenvalue weighted by atomic mass is 10.2. The normalized spacial score (nSPS) is 9.92. The van der Waals surface area contributed by atoms with Gasteiger partial charge in [0.15, 0.2) is 0 Å². The highest BCUT2D eigenvalue weighted by Crippen LogP contribution is 2.25. The quantitative estimate of drug-likeness (QED) is 0.451. The summed E-state index contributed by atoms with van der Waals surface area (Å²) in [5.74, 6) is -0.774. The molecule has 0 unspecified atom stereocenters.